The predicted octanol–water partition coefficient (Wildman–Crippen LogP) is -2.88. The van der Waals surface area contributed by atoms with Gasteiger partial charge in [-0.25, -0.2) is 0 Å². The number of hydrogen-bond acceptors (Lipinski definition) is 8. The van der Waals surface area contributed by atoms with E-state index < -0.39 is 49.2 Å². The molecule has 9 heteroatoms. The molecule has 0 bridgehead atoms. The van der Waals surface area contributed by atoms with Gasteiger partial charge in [0.15, 0.2) is 6.29 Å². The molecule has 9 nitrogen and oxygen atoms in total. The van der Waals surface area contributed by atoms with Crippen molar-refractivity contribution < 1.29 is 34.4 Å². The zero-order valence-corrected chi connectivity index (χ0v) is 12.9. The monoisotopic (exact) mass is 320 g/mol. The minimum atomic E-state index is -1.37. The third-order valence-electron chi connectivity index (χ3n) is 3.52. The van der Waals surface area contributed by atoms with E-state index >= 15 is 0 Å². The van der Waals surface area contributed by atoms with Crippen molar-refractivity contribution in [2.75, 3.05) is 20.3 Å². The van der Waals surface area contributed by atoms with Gasteiger partial charge in [0.25, 0.3) is 0 Å². The fraction of sp³-hybridized carbons (Fsp3) is 0.846. The Hall–Kier alpha value is -1.10. The second kappa shape index (κ2) is 8.51. The average molecular weight is 320 g/mol. The maximum atomic E-state index is 11.4. The lowest BCUT2D eigenvalue weighted by atomic mass is 9.97. The van der Waals surface area contributed by atoms with E-state index in [1.165, 1.54) is 13.8 Å². The summed E-state index contributed by atoms with van der Waals surface area (Å²) in [4.78, 5) is 22.6. The van der Waals surface area contributed by atoms with E-state index in [1.807, 2.05) is 0 Å². The third kappa shape index (κ3) is 4.70. The van der Waals surface area contributed by atoms with E-state index in [-0.39, 0.29) is 12.4 Å². The first kappa shape index (κ1) is 18.9. The molecule has 0 aromatic rings. The van der Waals surface area contributed by atoms with Crippen LogP contribution >= 0.6 is 0 Å². The van der Waals surface area contributed by atoms with E-state index in [2.05, 4.69) is 10.6 Å². The van der Waals surface area contributed by atoms with Crippen molar-refractivity contribution in [1.29, 1.82) is 0 Å². The first-order valence-electron chi connectivity index (χ1n) is 7.00. The molecule has 0 aromatic carbocycles. The SMILES string of the molecule is CN[C@@H](COC1OC(CO)C(O)C(O)[C@@H]1NC(C)=O)C(C)=O. The Balaban J connectivity index is 2.80. The van der Waals surface area contributed by atoms with Gasteiger partial charge in [-0.05, 0) is 14.0 Å². The molecule has 4 unspecified atom stereocenters. The van der Waals surface area contributed by atoms with Gasteiger partial charge in [0.05, 0.1) is 19.3 Å². The van der Waals surface area contributed by atoms with Gasteiger partial charge in [0, 0.05) is 6.92 Å². The number of likely N-dealkylation sites (N-methyl/N-ethyl adjacent to an activating group) is 1. The van der Waals surface area contributed by atoms with Crippen LogP contribution in [0.3, 0.4) is 0 Å². The maximum Gasteiger partial charge on any atom is 0.217 e. The first-order valence-corrected chi connectivity index (χ1v) is 7.00. The smallest absolute Gasteiger partial charge is 0.217 e. The average Bonchev–Trinajstić information content (AvgIpc) is 2.45. The van der Waals surface area contributed by atoms with Crippen molar-refractivity contribution in [2.24, 2.45) is 0 Å². The molecule has 1 rings (SSSR count). The van der Waals surface area contributed by atoms with Crippen molar-refractivity contribution in [2.45, 2.75) is 50.5 Å². The largest absolute Gasteiger partial charge is 0.394 e. The number of aliphatic hydroxyl groups excluding tert-OH is 3. The summed E-state index contributed by atoms with van der Waals surface area (Å²) in [6.07, 6.45) is -4.88. The number of amides is 1. The number of ether oxygens (including phenoxy) is 2. The van der Waals surface area contributed by atoms with E-state index in [4.69, 9.17) is 9.47 Å². The summed E-state index contributed by atoms with van der Waals surface area (Å²) in [7, 11) is 1.59. The molecule has 0 spiro atoms. The molecular formula is C13H24N2O7. The van der Waals surface area contributed by atoms with Crippen LogP contribution in [0.5, 0.6) is 0 Å². The van der Waals surface area contributed by atoms with Gasteiger partial charge < -0.3 is 35.4 Å². The molecule has 0 aromatic heterocycles. The molecule has 0 saturated carbocycles. The summed E-state index contributed by atoms with van der Waals surface area (Å²) >= 11 is 0. The molecular weight excluding hydrogens is 296 g/mol. The summed E-state index contributed by atoms with van der Waals surface area (Å²) in [6, 6.07) is -1.59. The fourth-order valence-electron chi connectivity index (χ4n) is 2.21. The van der Waals surface area contributed by atoms with Gasteiger partial charge in [-0.15, -0.1) is 0 Å². The van der Waals surface area contributed by atoms with Crippen molar-refractivity contribution in [3.05, 3.63) is 0 Å². The molecule has 5 N–H and O–H groups in total. The zero-order chi connectivity index (χ0) is 16.9. The lowest BCUT2D eigenvalue weighted by Crippen LogP contribution is -2.65. The third-order valence-corrected chi connectivity index (χ3v) is 3.52. The Bertz CT molecular complexity index is 393. The number of carbonyl (C=O) groups excluding carboxylic acids is 2. The minimum Gasteiger partial charge on any atom is -0.394 e. The summed E-state index contributed by atoms with van der Waals surface area (Å²) < 4.78 is 10.8. The second-order valence-corrected chi connectivity index (χ2v) is 5.22. The molecule has 1 heterocycles. The standard InChI is InChI=1S/C13H24N2O7/c1-6(17)8(14-3)5-21-13-10(15-7(2)18)12(20)11(19)9(4-16)22-13/h8-14,16,19-20H,4-5H2,1-3H3,(H,15,18)/t8-,9?,10-,11?,12?,13?/m0/s1. The van der Waals surface area contributed by atoms with Gasteiger partial charge in [0.2, 0.25) is 5.91 Å². The normalized spacial score (nSPS) is 33.3. The topological polar surface area (TPSA) is 137 Å². The van der Waals surface area contributed by atoms with E-state index in [0.717, 1.165) is 0 Å². The van der Waals surface area contributed by atoms with Crippen LogP contribution < -0.4 is 10.6 Å². The number of Topliss-reactive ketones (excluding diaryl/α,β-unsaturated/α-hetero) is 1. The van der Waals surface area contributed by atoms with Crippen molar-refractivity contribution in [1.82, 2.24) is 10.6 Å². The Morgan fingerprint density at radius 2 is 1.91 bits per heavy atom. The Kier molecular flexibility index (Phi) is 7.33. The zero-order valence-electron chi connectivity index (χ0n) is 12.9. The maximum absolute atomic E-state index is 11.4. The number of ketones is 1. The van der Waals surface area contributed by atoms with Gasteiger partial charge in [0.1, 0.15) is 30.1 Å². The highest BCUT2D eigenvalue weighted by Gasteiger charge is 2.45. The lowest BCUT2D eigenvalue weighted by Gasteiger charge is -2.42. The van der Waals surface area contributed by atoms with Crippen LogP contribution in [0.15, 0.2) is 0 Å². The number of rotatable bonds is 7. The molecule has 1 aliphatic heterocycles. The molecule has 0 aliphatic carbocycles. The van der Waals surface area contributed by atoms with Crippen LogP contribution in [0.4, 0.5) is 0 Å². The Morgan fingerprint density at radius 3 is 2.36 bits per heavy atom. The van der Waals surface area contributed by atoms with E-state index in [0.29, 0.717) is 0 Å². The minimum absolute atomic E-state index is 0.0481. The number of hydrogen-bond donors (Lipinski definition) is 5. The molecule has 1 aliphatic rings. The summed E-state index contributed by atoms with van der Waals surface area (Å²) in [5, 5.41) is 34.3. The second-order valence-electron chi connectivity index (χ2n) is 5.22. The predicted molar refractivity (Wildman–Crippen MR) is 74.8 cm³/mol. The highest BCUT2D eigenvalue weighted by Crippen LogP contribution is 2.22. The van der Waals surface area contributed by atoms with Gasteiger partial charge in [-0.2, -0.15) is 0 Å². The van der Waals surface area contributed by atoms with Gasteiger partial charge in [-0.3, -0.25) is 9.59 Å². The lowest BCUT2D eigenvalue weighted by molar-refractivity contribution is -0.270. The molecule has 128 valence electrons. The van der Waals surface area contributed by atoms with Crippen LogP contribution in [0.2, 0.25) is 0 Å². The van der Waals surface area contributed by atoms with Crippen molar-refractivity contribution in [3.63, 3.8) is 0 Å². The number of carbonyl (C=O) groups is 2. The fourth-order valence-corrected chi connectivity index (χ4v) is 2.21. The molecule has 0 radical (unpaired) electrons. The number of nitrogens with one attached hydrogen (secondary N) is 2. The highest BCUT2D eigenvalue weighted by molar-refractivity contribution is 5.81. The van der Waals surface area contributed by atoms with Crippen molar-refractivity contribution >= 4 is 11.7 Å². The Morgan fingerprint density at radius 1 is 1.27 bits per heavy atom. The Labute approximate surface area is 128 Å². The summed E-state index contributed by atoms with van der Waals surface area (Å²) in [6.45, 7) is 2.08. The summed E-state index contributed by atoms with van der Waals surface area (Å²) in [5.41, 5.74) is 0. The van der Waals surface area contributed by atoms with Crippen LogP contribution in [0, 0.1) is 0 Å². The van der Waals surface area contributed by atoms with E-state index in [1.54, 1.807) is 7.05 Å². The molecule has 22 heavy (non-hydrogen) atoms. The van der Waals surface area contributed by atoms with E-state index in [9.17, 15) is 24.9 Å². The first-order chi connectivity index (χ1) is 10.3. The van der Waals surface area contributed by atoms with Crippen LogP contribution in [0.1, 0.15) is 13.8 Å². The molecule has 1 amide bonds. The van der Waals surface area contributed by atoms with Crippen LogP contribution in [-0.2, 0) is 19.1 Å². The quantitative estimate of drug-likeness (QED) is 0.337. The van der Waals surface area contributed by atoms with Crippen LogP contribution in [0.25, 0.3) is 0 Å². The number of aliphatic hydroxyl groups is 3. The van der Waals surface area contributed by atoms with Gasteiger partial charge in [-0.1, -0.05) is 0 Å². The van der Waals surface area contributed by atoms with Gasteiger partial charge >= 0.3 is 0 Å². The molecule has 6 atom stereocenters. The molecule has 1 fully saturated rings. The highest BCUT2D eigenvalue weighted by atomic mass is 16.7. The van der Waals surface area contributed by atoms with Crippen molar-refractivity contribution in [3.8, 4) is 0 Å². The molecule has 1 saturated heterocycles. The summed E-state index contributed by atoms with van der Waals surface area (Å²) in [5.74, 6) is -0.582. The van der Waals surface area contributed by atoms with Crippen LogP contribution in [-0.4, -0.2) is 84.0 Å².